The minimum atomic E-state index is -0.657. The van der Waals surface area contributed by atoms with Crippen molar-refractivity contribution in [2.24, 2.45) is 16.9 Å². The van der Waals surface area contributed by atoms with E-state index in [9.17, 15) is 14.7 Å². The van der Waals surface area contributed by atoms with Gasteiger partial charge < -0.3 is 26.0 Å². The molecule has 1 aromatic carbocycles. The van der Waals surface area contributed by atoms with Gasteiger partial charge in [-0.1, -0.05) is 45.9 Å². The van der Waals surface area contributed by atoms with Crippen molar-refractivity contribution in [2.45, 2.75) is 66.7 Å². The number of rotatable bonds is 8. The number of carbonyl (C=O) groups excluding carboxylic acids is 2. The van der Waals surface area contributed by atoms with Crippen LogP contribution in [0.15, 0.2) is 47.2 Å². The largest absolute Gasteiger partial charge is 0.508 e. The van der Waals surface area contributed by atoms with Gasteiger partial charge in [-0.05, 0) is 49.8 Å². The van der Waals surface area contributed by atoms with E-state index in [4.69, 9.17) is 16.2 Å². The molecule has 34 heavy (non-hydrogen) atoms. The molecule has 0 radical (unpaired) electrons. The fourth-order valence-electron chi connectivity index (χ4n) is 3.82. The molecule has 1 aromatic rings. The third kappa shape index (κ3) is 8.95. The Balaban J connectivity index is 0.00000138. The number of carbonyl (C=O) groups is 2. The summed E-state index contributed by atoms with van der Waals surface area (Å²) < 4.78 is 9.77. The van der Waals surface area contributed by atoms with Crippen molar-refractivity contribution < 1.29 is 24.2 Å². The number of ether oxygens (including phenoxy) is 2. The van der Waals surface area contributed by atoms with Crippen molar-refractivity contribution in [2.75, 3.05) is 26.9 Å². The van der Waals surface area contributed by atoms with E-state index in [-0.39, 0.29) is 23.6 Å². The molecular formula is C27H44N2O5. The Morgan fingerprint density at radius 2 is 1.91 bits per heavy atom. The fraction of sp³-hybridized carbons (Fsp3) is 0.556. The van der Waals surface area contributed by atoms with Crippen LogP contribution < -0.4 is 11.5 Å². The number of methoxy groups -OCH3 is 1. The lowest BCUT2D eigenvalue weighted by molar-refractivity contribution is -0.138. The van der Waals surface area contributed by atoms with E-state index in [1.54, 1.807) is 51.3 Å². The van der Waals surface area contributed by atoms with Crippen LogP contribution in [0.4, 0.5) is 0 Å². The summed E-state index contributed by atoms with van der Waals surface area (Å²) in [5.41, 5.74) is 13.2. The highest BCUT2D eigenvalue weighted by Crippen LogP contribution is 2.44. The Kier molecular flexibility index (Phi) is 14.8. The highest BCUT2D eigenvalue weighted by Gasteiger charge is 2.40. The third-order valence-electron chi connectivity index (χ3n) is 5.65. The van der Waals surface area contributed by atoms with Gasteiger partial charge in [0.25, 0.3) is 0 Å². The predicted molar refractivity (Wildman–Crippen MR) is 137 cm³/mol. The molecule has 0 spiro atoms. The number of Topliss-reactive ketones (excluding diaryl/α,β-unsaturated/α-hetero) is 1. The van der Waals surface area contributed by atoms with Crippen LogP contribution in [-0.4, -0.2) is 43.7 Å². The molecule has 2 rings (SSSR count). The van der Waals surface area contributed by atoms with Crippen molar-refractivity contribution in [3.8, 4) is 5.75 Å². The first-order valence-electron chi connectivity index (χ1n) is 12.0. The summed E-state index contributed by atoms with van der Waals surface area (Å²) in [5, 5.41) is 9.94. The normalized spacial score (nSPS) is 18.8. The zero-order valence-electron chi connectivity index (χ0n) is 21.9. The zero-order valence-corrected chi connectivity index (χ0v) is 21.9. The molecule has 192 valence electrons. The van der Waals surface area contributed by atoms with Gasteiger partial charge in [0.2, 0.25) is 0 Å². The predicted octanol–water partition coefficient (Wildman–Crippen LogP) is 4.59. The van der Waals surface area contributed by atoms with Crippen LogP contribution in [0.1, 0.15) is 72.3 Å². The molecule has 0 saturated heterocycles. The zero-order chi connectivity index (χ0) is 26.3. The van der Waals surface area contributed by atoms with Gasteiger partial charge in [-0.15, -0.1) is 0 Å². The van der Waals surface area contributed by atoms with E-state index in [1.807, 2.05) is 20.8 Å². The molecule has 0 amide bonds. The van der Waals surface area contributed by atoms with E-state index in [2.05, 4.69) is 11.7 Å². The summed E-state index contributed by atoms with van der Waals surface area (Å²) in [7, 11) is 1.63. The molecule has 0 saturated carbocycles. The Morgan fingerprint density at radius 3 is 2.32 bits per heavy atom. The number of phenols is 1. The molecule has 0 aromatic heterocycles. The van der Waals surface area contributed by atoms with Gasteiger partial charge in [-0.25, -0.2) is 4.79 Å². The monoisotopic (exact) mass is 476 g/mol. The van der Waals surface area contributed by atoms with Gasteiger partial charge >= 0.3 is 5.97 Å². The average molecular weight is 477 g/mol. The lowest BCUT2D eigenvalue weighted by atomic mass is 9.68. The minimum absolute atomic E-state index is 0.0555. The van der Waals surface area contributed by atoms with Gasteiger partial charge in [0.1, 0.15) is 5.75 Å². The lowest BCUT2D eigenvalue weighted by Gasteiger charge is -2.36. The van der Waals surface area contributed by atoms with Crippen molar-refractivity contribution in [1.29, 1.82) is 0 Å². The summed E-state index contributed by atoms with van der Waals surface area (Å²) in [6.45, 7) is 13.1. The smallest absolute Gasteiger partial charge is 0.334 e. The van der Waals surface area contributed by atoms with E-state index < -0.39 is 11.9 Å². The summed E-state index contributed by atoms with van der Waals surface area (Å²) in [6, 6.07) is 6.59. The first-order valence-corrected chi connectivity index (χ1v) is 12.0. The highest BCUT2D eigenvalue weighted by molar-refractivity contribution is 6.03. The number of phenolic OH excluding ortho intramolecular Hbond substituents is 1. The molecule has 2 atom stereocenters. The summed E-state index contributed by atoms with van der Waals surface area (Å²) in [5.74, 6) is -1.13. The first kappa shape index (κ1) is 31.4. The van der Waals surface area contributed by atoms with E-state index >= 15 is 0 Å². The molecule has 0 bridgehead atoms. The molecule has 0 heterocycles. The molecular weight excluding hydrogens is 432 g/mol. The van der Waals surface area contributed by atoms with E-state index in [1.165, 1.54) is 0 Å². The van der Waals surface area contributed by atoms with Gasteiger partial charge in [-0.2, -0.15) is 0 Å². The standard InChI is InChI=1S/C22H29NO4.C3H9NO.C2H6/c1-5-16(21(26)27-7-3)19(14-9-8-10-15(24)11-14)20-17(23)12-22(4,6-2)13-18(20)25;1-5-3-2-4;1-2/h5,8-11,19,24H,6-7,12-13,23H2,1-4H3;2-4H2,1H3;1-2H3/b16-5-;;. The Hall–Kier alpha value is -2.64. The van der Waals surface area contributed by atoms with Gasteiger partial charge in [0, 0.05) is 42.8 Å². The van der Waals surface area contributed by atoms with E-state index in [0.717, 1.165) is 6.42 Å². The maximum Gasteiger partial charge on any atom is 0.334 e. The Labute approximate surface area is 205 Å². The highest BCUT2D eigenvalue weighted by atomic mass is 16.5. The number of esters is 1. The van der Waals surface area contributed by atoms with Crippen molar-refractivity contribution >= 4 is 11.8 Å². The number of aromatic hydroxyl groups is 1. The van der Waals surface area contributed by atoms with Gasteiger partial charge in [-0.3, -0.25) is 4.79 Å². The minimum Gasteiger partial charge on any atom is -0.508 e. The Bertz CT molecular complexity index is 845. The number of hydrogen-bond acceptors (Lipinski definition) is 7. The number of allylic oxidation sites excluding steroid dienone is 3. The molecule has 7 nitrogen and oxygen atoms in total. The second-order valence-electron chi connectivity index (χ2n) is 8.15. The second-order valence-corrected chi connectivity index (χ2v) is 8.15. The number of nitrogens with two attached hydrogens (primary N) is 2. The molecule has 0 aliphatic heterocycles. The fourth-order valence-corrected chi connectivity index (χ4v) is 3.82. The third-order valence-corrected chi connectivity index (χ3v) is 5.65. The number of hydrogen-bond donors (Lipinski definition) is 3. The summed E-state index contributed by atoms with van der Waals surface area (Å²) in [4.78, 5) is 25.7. The van der Waals surface area contributed by atoms with Crippen LogP contribution in [0.25, 0.3) is 0 Å². The summed E-state index contributed by atoms with van der Waals surface area (Å²) in [6.07, 6.45) is 3.49. The molecule has 1 aliphatic rings. The SMILES string of the molecule is C/C=C(\C(=O)OCC)C(C1=C(N)CC(C)(CC)CC1=O)c1cccc(O)c1.CC.COCCN. The van der Waals surface area contributed by atoms with Crippen LogP contribution in [-0.2, 0) is 19.1 Å². The second kappa shape index (κ2) is 16.1. The molecule has 1 aliphatic carbocycles. The molecule has 2 unspecified atom stereocenters. The average Bonchev–Trinajstić information content (AvgIpc) is 2.80. The van der Waals surface area contributed by atoms with Crippen LogP contribution >= 0.6 is 0 Å². The maximum atomic E-state index is 13.1. The maximum absolute atomic E-state index is 13.1. The number of ketones is 1. The lowest BCUT2D eigenvalue weighted by Crippen LogP contribution is -2.34. The van der Waals surface area contributed by atoms with Gasteiger partial charge in [0.05, 0.1) is 13.2 Å². The van der Waals surface area contributed by atoms with Crippen LogP contribution in [0, 0.1) is 5.41 Å². The van der Waals surface area contributed by atoms with Crippen LogP contribution in [0.3, 0.4) is 0 Å². The van der Waals surface area contributed by atoms with Gasteiger partial charge in [0.15, 0.2) is 5.78 Å². The van der Waals surface area contributed by atoms with Crippen LogP contribution in [0.5, 0.6) is 5.75 Å². The van der Waals surface area contributed by atoms with Crippen molar-refractivity contribution in [3.05, 3.63) is 52.7 Å². The molecule has 7 heteroatoms. The topological polar surface area (TPSA) is 125 Å². The van der Waals surface area contributed by atoms with Crippen molar-refractivity contribution in [1.82, 2.24) is 0 Å². The molecule has 5 N–H and O–H groups in total. The first-order chi connectivity index (χ1) is 16.2. The Morgan fingerprint density at radius 1 is 1.26 bits per heavy atom. The number of benzene rings is 1. The van der Waals surface area contributed by atoms with Crippen molar-refractivity contribution in [3.63, 3.8) is 0 Å². The van der Waals surface area contributed by atoms with E-state index in [0.29, 0.717) is 48.4 Å². The quantitative estimate of drug-likeness (QED) is 0.370. The van der Waals surface area contributed by atoms with Crippen LogP contribution in [0.2, 0.25) is 0 Å². The molecule has 0 fully saturated rings. The summed E-state index contributed by atoms with van der Waals surface area (Å²) >= 11 is 0.